The summed E-state index contributed by atoms with van der Waals surface area (Å²) in [6.07, 6.45) is 8.59. The number of aromatic nitrogens is 1. The van der Waals surface area contributed by atoms with E-state index in [4.69, 9.17) is 0 Å². The highest BCUT2D eigenvalue weighted by atomic mass is 16.2. The van der Waals surface area contributed by atoms with E-state index in [0.29, 0.717) is 25.4 Å². The van der Waals surface area contributed by atoms with Gasteiger partial charge >= 0.3 is 6.03 Å². The molecule has 3 amide bonds. The van der Waals surface area contributed by atoms with E-state index in [1.165, 1.54) is 19.3 Å². The second-order valence-corrected chi connectivity index (χ2v) is 6.87. The van der Waals surface area contributed by atoms with E-state index in [1.807, 2.05) is 25.1 Å². The number of pyridine rings is 1. The van der Waals surface area contributed by atoms with Gasteiger partial charge in [-0.15, -0.1) is 0 Å². The fraction of sp³-hybridized carbons (Fsp3) is 0.632. The smallest absolute Gasteiger partial charge is 0.317 e. The number of likely N-dealkylation sites (N-methyl/N-ethyl adjacent to an activating group) is 1. The van der Waals surface area contributed by atoms with Gasteiger partial charge in [-0.25, -0.2) is 4.79 Å². The predicted molar refractivity (Wildman–Crippen MR) is 98.2 cm³/mol. The maximum Gasteiger partial charge on any atom is 0.317 e. The molecule has 6 nitrogen and oxygen atoms in total. The Balaban J connectivity index is 1.65. The van der Waals surface area contributed by atoms with Gasteiger partial charge in [0.1, 0.15) is 0 Å². The van der Waals surface area contributed by atoms with Gasteiger partial charge in [0, 0.05) is 50.4 Å². The maximum atomic E-state index is 12.2. The minimum Gasteiger partial charge on any atom is -0.353 e. The van der Waals surface area contributed by atoms with Crippen LogP contribution in [-0.2, 0) is 11.2 Å². The Morgan fingerprint density at radius 1 is 1.28 bits per heavy atom. The van der Waals surface area contributed by atoms with Crippen LogP contribution in [0.25, 0.3) is 0 Å². The zero-order chi connectivity index (χ0) is 18.1. The Morgan fingerprint density at radius 3 is 2.72 bits per heavy atom. The highest BCUT2D eigenvalue weighted by Crippen LogP contribution is 2.17. The van der Waals surface area contributed by atoms with Crippen molar-refractivity contribution in [1.29, 1.82) is 0 Å². The Bertz CT molecular complexity index is 544. The lowest BCUT2D eigenvalue weighted by Crippen LogP contribution is -2.44. The molecule has 2 N–H and O–H groups in total. The lowest BCUT2D eigenvalue weighted by Gasteiger charge is -2.25. The van der Waals surface area contributed by atoms with Crippen molar-refractivity contribution in [3.63, 3.8) is 0 Å². The van der Waals surface area contributed by atoms with Crippen molar-refractivity contribution in [2.24, 2.45) is 0 Å². The highest BCUT2D eigenvalue weighted by molar-refractivity contribution is 5.78. The summed E-state index contributed by atoms with van der Waals surface area (Å²) in [7, 11) is 1.77. The number of hydrogen-bond donors (Lipinski definition) is 2. The lowest BCUT2D eigenvalue weighted by molar-refractivity contribution is -0.121. The molecule has 1 aromatic rings. The number of hydrogen-bond acceptors (Lipinski definition) is 3. The van der Waals surface area contributed by atoms with Gasteiger partial charge < -0.3 is 15.5 Å². The number of nitrogens with one attached hydrogen (secondary N) is 2. The predicted octanol–water partition coefficient (Wildman–Crippen LogP) is 2.49. The van der Waals surface area contributed by atoms with Gasteiger partial charge in [-0.2, -0.15) is 0 Å². The average Bonchev–Trinajstić information content (AvgIpc) is 2.62. The summed E-state index contributed by atoms with van der Waals surface area (Å²) < 4.78 is 0. The zero-order valence-electron chi connectivity index (χ0n) is 15.3. The van der Waals surface area contributed by atoms with Gasteiger partial charge in [-0.05, 0) is 31.9 Å². The van der Waals surface area contributed by atoms with Crippen molar-refractivity contribution in [3.8, 4) is 0 Å². The molecule has 0 aromatic carbocycles. The zero-order valence-corrected chi connectivity index (χ0v) is 15.3. The summed E-state index contributed by atoms with van der Waals surface area (Å²) in [5, 5.41) is 5.89. The molecular formula is C19H30N4O2. The molecule has 0 spiro atoms. The summed E-state index contributed by atoms with van der Waals surface area (Å²) in [5.41, 5.74) is 0.960. The van der Waals surface area contributed by atoms with Crippen molar-refractivity contribution in [1.82, 2.24) is 20.5 Å². The maximum absolute atomic E-state index is 12.2. The Labute approximate surface area is 150 Å². The summed E-state index contributed by atoms with van der Waals surface area (Å²) >= 11 is 0. The van der Waals surface area contributed by atoms with Gasteiger partial charge in [0.2, 0.25) is 5.91 Å². The van der Waals surface area contributed by atoms with E-state index in [1.54, 1.807) is 18.1 Å². The van der Waals surface area contributed by atoms with Crippen molar-refractivity contribution >= 4 is 11.9 Å². The first-order chi connectivity index (χ1) is 12.1. The van der Waals surface area contributed by atoms with E-state index < -0.39 is 0 Å². The Hall–Kier alpha value is -2.11. The topological polar surface area (TPSA) is 74.3 Å². The molecule has 138 valence electrons. The molecule has 0 saturated heterocycles. The van der Waals surface area contributed by atoms with E-state index in [2.05, 4.69) is 15.6 Å². The Kier molecular flexibility index (Phi) is 7.70. The molecule has 1 atom stereocenters. The third-order valence-electron chi connectivity index (χ3n) is 4.81. The monoisotopic (exact) mass is 346 g/mol. The van der Waals surface area contributed by atoms with Gasteiger partial charge in [0.25, 0.3) is 0 Å². The highest BCUT2D eigenvalue weighted by Gasteiger charge is 2.18. The normalized spacial score (nSPS) is 16.1. The molecule has 0 radical (unpaired) electrons. The van der Waals surface area contributed by atoms with E-state index >= 15 is 0 Å². The standard InChI is InChI=1S/C19H30N4O2/c1-15(14-17-10-6-7-12-20-17)23(2)19(25)21-13-11-18(24)22-16-8-4-3-5-9-16/h6-7,10,12,15-16H,3-5,8-9,11,13-14H2,1-2H3,(H,21,25)(H,22,24)/t15-/m1/s1. The molecule has 1 fully saturated rings. The number of carbonyl (C=O) groups excluding carboxylic acids is 2. The van der Waals surface area contributed by atoms with E-state index in [0.717, 1.165) is 18.5 Å². The molecule has 1 heterocycles. The van der Waals surface area contributed by atoms with Gasteiger partial charge in [0.15, 0.2) is 0 Å². The lowest BCUT2D eigenvalue weighted by atomic mass is 9.95. The second-order valence-electron chi connectivity index (χ2n) is 6.87. The molecule has 1 saturated carbocycles. The van der Waals surface area contributed by atoms with Gasteiger partial charge in [0.05, 0.1) is 0 Å². The van der Waals surface area contributed by atoms with Crippen LogP contribution in [0, 0.1) is 0 Å². The number of carbonyl (C=O) groups is 2. The van der Waals surface area contributed by atoms with Crippen LogP contribution in [0.4, 0.5) is 4.79 Å². The van der Waals surface area contributed by atoms with Crippen molar-refractivity contribution in [2.45, 2.75) is 64.0 Å². The molecule has 2 rings (SSSR count). The average molecular weight is 346 g/mol. The SMILES string of the molecule is C[C@H](Cc1ccccn1)N(C)C(=O)NCCC(=O)NC1CCCCC1. The first-order valence-electron chi connectivity index (χ1n) is 9.26. The molecule has 6 heteroatoms. The fourth-order valence-electron chi connectivity index (χ4n) is 3.11. The second kappa shape index (κ2) is 10.0. The molecule has 0 unspecified atom stereocenters. The molecule has 1 aromatic heterocycles. The molecular weight excluding hydrogens is 316 g/mol. The largest absolute Gasteiger partial charge is 0.353 e. The third-order valence-corrected chi connectivity index (χ3v) is 4.81. The van der Waals surface area contributed by atoms with Crippen LogP contribution in [0.1, 0.15) is 51.1 Å². The van der Waals surface area contributed by atoms with Crippen LogP contribution < -0.4 is 10.6 Å². The minimum absolute atomic E-state index is 0.0244. The molecule has 0 aliphatic heterocycles. The quantitative estimate of drug-likeness (QED) is 0.796. The van der Waals surface area contributed by atoms with Crippen LogP contribution in [0.5, 0.6) is 0 Å². The number of urea groups is 1. The number of nitrogens with zero attached hydrogens (tertiary/aromatic N) is 2. The molecule has 1 aliphatic rings. The van der Waals surface area contributed by atoms with Crippen LogP contribution >= 0.6 is 0 Å². The van der Waals surface area contributed by atoms with Gasteiger partial charge in [-0.1, -0.05) is 25.3 Å². The van der Waals surface area contributed by atoms with Crippen LogP contribution in [0.15, 0.2) is 24.4 Å². The number of rotatable bonds is 7. The molecule has 25 heavy (non-hydrogen) atoms. The minimum atomic E-state index is -0.158. The summed E-state index contributed by atoms with van der Waals surface area (Å²) in [6, 6.07) is 5.97. The van der Waals surface area contributed by atoms with Crippen molar-refractivity contribution in [3.05, 3.63) is 30.1 Å². The number of amides is 3. The Morgan fingerprint density at radius 2 is 2.04 bits per heavy atom. The first-order valence-corrected chi connectivity index (χ1v) is 9.26. The fourth-order valence-corrected chi connectivity index (χ4v) is 3.11. The van der Waals surface area contributed by atoms with Crippen LogP contribution in [-0.4, -0.2) is 47.5 Å². The van der Waals surface area contributed by atoms with E-state index in [-0.39, 0.29) is 18.0 Å². The summed E-state index contributed by atoms with van der Waals surface area (Å²) in [4.78, 5) is 30.1. The van der Waals surface area contributed by atoms with Crippen molar-refractivity contribution in [2.75, 3.05) is 13.6 Å². The van der Waals surface area contributed by atoms with Crippen molar-refractivity contribution < 1.29 is 9.59 Å². The van der Waals surface area contributed by atoms with Crippen LogP contribution in [0.2, 0.25) is 0 Å². The molecule has 0 bridgehead atoms. The summed E-state index contributed by atoms with van der Waals surface area (Å²) in [6.45, 7) is 2.35. The van der Waals surface area contributed by atoms with E-state index in [9.17, 15) is 9.59 Å². The summed E-state index contributed by atoms with van der Waals surface area (Å²) in [5.74, 6) is 0.0244. The van der Waals surface area contributed by atoms with Crippen LogP contribution in [0.3, 0.4) is 0 Å². The molecule has 1 aliphatic carbocycles. The first kappa shape index (κ1) is 19.2. The van der Waals surface area contributed by atoms with Gasteiger partial charge in [-0.3, -0.25) is 9.78 Å². The third kappa shape index (κ3) is 6.72.